The SMILES string of the molecule is CCC(=O)c1ccc(/C=C2\Oc3ccncc3N(Cc3ccc(Cl)cc3)C2=S)cc1. The van der Waals surface area contributed by atoms with Crippen LogP contribution in [0, 0.1) is 0 Å². The van der Waals surface area contributed by atoms with Crippen LogP contribution in [0.1, 0.15) is 34.8 Å². The zero-order chi connectivity index (χ0) is 21.1. The Morgan fingerprint density at radius 1 is 1.13 bits per heavy atom. The van der Waals surface area contributed by atoms with Crippen molar-refractivity contribution in [2.45, 2.75) is 19.9 Å². The standard InChI is InChI=1S/C24H19ClN2O2S/c1-2-21(28)18-7-3-16(4-8-18)13-23-24(30)27(15-17-5-9-19(25)10-6-17)20-14-26-12-11-22(20)29-23/h3-14H,2,15H2,1H3/b23-13-. The van der Waals surface area contributed by atoms with Crippen molar-refractivity contribution in [2.24, 2.45) is 0 Å². The summed E-state index contributed by atoms with van der Waals surface area (Å²) in [5, 5.41) is 0.691. The van der Waals surface area contributed by atoms with Crippen molar-refractivity contribution in [1.82, 2.24) is 4.98 Å². The first-order valence-corrected chi connectivity index (χ1v) is 10.4. The summed E-state index contributed by atoms with van der Waals surface area (Å²) in [4.78, 5) is 18.7. The third-order valence-corrected chi connectivity index (χ3v) is 5.51. The summed E-state index contributed by atoms with van der Waals surface area (Å²) in [5.74, 6) is 1.39. The van der Waals surface area contributed by atoms with E-state index in [1.807, 2.05) is 72.5 Å². The lowest BCUT2D eigenvalue weighted by Gasteiger charge is -2.32. The molecule has 150 valence electrons. The molecule has 6 heteroatoms. The van der Waals surface area contributed by atoms with Crippen LogP contribution in [0.15, 0.2) is 72.8 Å². The van der Waals surface area contributed by atoms with Crippen LogP contribution in [0.3, 0.4) is 0 Å². The first-order chi connectivity index (χ1) is 14.5. The highest BCUT2D eigenvalue weighted by atomic mass is 35.5. The Kier molecular flexibility index (Phi) is 5.93. The van der Waals surface area contributed by atoms with Gasteiger partial charge in [0.15, 0.2) is 17.3 Å². The predicted molar refractivity (Wildman–Crippen MR) is 124 cm³/mol. The van der Waals surface area contributed by atoms with E-state index in [0.29, 0.717) is 40.0 Å². The zero-order valence-corrected chi connectivity index (χ0v) is 17.9. The number of anilines is 1. The summed E-state index contributed by atoms with van der Waals surface area (Å²) < 4.78 is 6.08. The Labute approximate surface area is 185 Å². The molecule has 0 saturated heterocycles. The van der Waals surface area contributed by atoms with Crippen molar-refractivity contribution in [3.8, 4) is 5.75 Å². The summed E-state index contributed by atoms with van der Waals surface area (Å²) in [5.41, 5.74) is 3.50. The van der Waals surface area contributed by atoms with Crippen molar-refractivity contribution in [3.63, 3.8) is 0 Å². The van der Waals surface area contributed by atoms with E-state index in [1.54, 1.807) is 12.4 Å². The molecule has 2 aromatic carbocycles. The highest BCUT2D eigenvalue weighted by molar-refractivity contribution is 7.81. The molecule has 0 bridgehead atoms. The number of Topliss-reactive ketones (excluding diaryl/α,β-unsaturated/α-hetero) is 1. The fourth-order valence-corrected chi connectivity index (χ4v) is 3.60. The Morgan fingerprint density at radius 3 is 2.57 bits per heavy atom. The van der Waals surface area contributed by atoms with Crippen molar-refractivity contribution in [1.29, 1.82) is 0 Å². The van der Waals surface area contributed by atoms with Crippen LogP contribution in [-0.4, -0.2) is 15.8 Å². The van der Waals surface area contributed by atoms with Crippen LogP contribution in [0.25, 0.3) is 6.08 Å². The Balaban J connectivity index is 1.66. The molecule has 2 heterocycles. The number of fused-ring (bicyclic) bond motifs is 1. The Hall–Kier alpha value is -3.02. The largest absolute Gasteiger partial charge is 0.452 e. The molecular formula is C24H19ClN2O2S. The number of rotatable bonds is 5. The van der Waals surface area contributed by atoms with Gasteiger partial charge in [-0.1, -0.05) is 67.1 Å². The van der Waals surface area contributed by atoms with E-state index in [0.717, 1.165) is 16.8 Å². The Bertz CT molecular complexity index is 1120. The average molecular weight is 435 g/mol. The molecule has 1 aromatic heterocycles. The maximum Gasteiger partial charge on any atom is 0.162 e. The fourth-order valence-electron chi connectivity index (χ4n) is 3.21. The topological polar surface area (TPSA) is 42.4 Å². The van der Waals surface area contributed by atoms with Gasteiger partial charge in [-0.3, -0.25) is 9.78 Å². The lowest BCUT2D eigenvalue weighted by Crippen LogP contribution is -2.35. The molecule has 1 aliphatic rings. The number of halogens is 1. The minimum atomic E-state index is 0.120. The molecule has 3 aromatic rings. The van der Waals surface area contributed by atoms with E-state index in [9.17, 15) is 4.79 Å². The van der Waals surface area contributed by atoms with Gasteiger partial charge in [-0.15, -0.1) is 0 Å². The molecule has 0 unspecified atom stereocenters. The number of nitrogens with zero attached hydrogens (tertiary/aromatic N) is 2. The van der Waals surface area contributed by atoms with E-state index >= 15 is 0 Å². The fraction of sp³-hybridized carbons (Fsp3) is 0.125. The smallest absolute Gasteiger partial charge is 0.162 e. The van der Waals surface area contributed by atoms with Gasteiger partial charge in [-0.2, -0.15) is 0 Å². The second kappa shape index (κ2) is 8.78. The van der Waals surface area contributed by atoms with E-state index in [4.69, 9.17) is 28.6 Å². The maximum atomic E-state index is 11.9. The van der Waals surface area contributed by atoms with Gasteiger partial charge >= 0.3 is 0 Å². The molecule has 1 aliphatic heterocycles. The summed E-state index contributed by atoms with van der Waals surface area (Å²) >= 11 is 11.8. The van der Waals surface area contributed by atoms with Gasteiger partial charge in [0.1, 0.15) is 10.7 Å². The third-order valence-electron chi connectivity index (χ3n) is 4.83. The van der Waals surface area contributed by atoms with Crippen LogP contribution in [0.2, 0.25) is 5.02 Å². The number of aromatic nitrogens is 1. The van der Waals surface area contributed by atoms with Crippen LogP contribution in [0.5, 0.6) is 5.75 Å². The first-order valence-electron chi connectivity index (χ1n) is 9.58. The molecule has 0 amide bonds. The van der Waals surface area contributed by atoms with Crippen molar-refractivity contribution in [3.05, 3.63) is 94.5 Å². The minimum absolute atomic E-state index is 0.120. The minimum Gasteiger partial charge on any atom is -0.452 e. The van der Waals surface area contributed by atoms with Gasteiger partial charge in [0.05, 0.1) is 6.20 Å². The molecule has 0 fully saturated rings. The van der Waals surface area contributed by atoms with Crippen LogP contribution in [-0.2, 0) is 6.54 Å². The van der Waals surface area contributed by atoms with Crippen LogP contribution >= 0.6 is 23.8 Å². The first kappa shape index (κ1) is 20.3. The zero-order valence-electron chi connectivity index (χ0n) is 16.3. The molecular weight excluding hydrogens is 416 g/mol. The predicted octanol–water partition coefficient (Wildman–Crippen LogP) is 6.10. The third kappa shape index (κ3) is 4.27. The second-order valence-electron chi connectivity index (χ2n) is 6.87. The highest BCUT2D eigenvalue weighted by Gasteiger charge is 2.27. The number of carbonyl (C=O) groups is 1. The number of benzene rings is 2. The molecule has 0 spiro atoms. The van der Waals surface area contributed by atoms with Gasteiger partial charge < -0.3 is 9.64 Å². The lowest BCUT2D eigenvalue weighted by atomic mass is 10.1. The monoisotopic (exact) mass is 434 g/mol. The normalized spacial score (nSPS) is 14.4. The average Bonchev–Trinajstić information content (AvgIpc) is 2.78. The maximum absolute atomic E-state index is 11.9. The Morgan fingerprint density at radius 2 is 1.87 bits per heavy atom. The summed E-state index contributed by atoms with van der Waals surface area (Å²) in [6, 6.07) is 16.9. The van der Waals surface area contributed by atoms with Gasteiger partial charge in [-0.05, 0) is 29.3 Å². The van der Waals surface area contributed by atoms with Gasteiger partial charge in [0.25, 0.3) is 0 Å². The molecule has 4 nitrogen and oxygen atoms in total. The number of pyridine rings is 1. The number of ketones is 1. The van der Waals surface area contributed by atoms with Gasteiger partial charge in [-0.25, -0.2) is 0 Å². The number of hydrogen-bond donors (Lipinski definition) is 0. The quantitative estimate of drug-likeness (QED) is 0.276. The number of ether oxygens (including phenoxy) is 1. The molecule has 0 saturated carbocycles. The molecule has 30 heavy (non-hydrogen) atoms. The second-order valence-corrected chi connectivity index (χ2v) is 7.69. The summed E-state index contributed by atoms with van der Waals surface area (Å²) in [6.07, 6.45) is 5.81. The van der Waals surface area contributed by atoms with E-state index in [2.05, 4.69) is 4.98 Å². The lowest BCUT2D eigenvalue weighted by molar-refractivity contribution is 0.0988. The van der Waals surface area contributed by atoms with Gasteiger partial charge in [0, 0.05) is 35.8 Å². The van der Waals surface area contributed by atoms with E-state index in [-0.39, 0.29) is 5.78 Å². The molecule has 0 aliphatic carbocycles. The number of hydrogen-bond acceptors (Lipinski definition) is 4. The van der Waals surface area contributed by atoms with Crippen molar-refractivity contribution < 1.29 is 9.53 Å². The van der Waals surface area contributed by atoms with Crippen molar-refractivity contribution in [2.75, 3.05) is 4.90 Å². The molecule has 0 atom stereocenters. The molecule has 0 N–H and O–H groups in total. The molecule has 4 rings (SSSR count). The number of carbonyl (C=O) groups excluding carboxylic acids is 1. The van der Waals surface area contributed by atoms with E-state index < -0.39 is 0 Å². The summed E-state index contributed by atoms with van der Waals surface area (Å²) in [7, 11) is 0. The highest BCUT2D eigenvalue weighted by Crippen LogP contribution is 2.36. The van der Waals surface area contributed by atoms with Crippen molar-refractivity contribution >= 4 is 46.4 Å². The van der Waals surface area contributed by atoms with E-state index in [1.165, 1.54) is 0 Å². The van der Waals surface area contributed by atoms with Crippen LogP contribution < -0.4 is 9.64 Å². The van der Waals surface area contributed by atoms with Gasteiger partial charge in [0.2, 0.25) is 0 Å². The summed E-state index contributed by atoms with van der Waals surface area (Å²) in [6.45, 7) is 2.42. The molecule has 0 radical (unpaired) electrons. The van der Waals surface area contributed by atoms with Crippen LogP contribution in [0.4, 0.5) is 5.69 Å². The number of thiocarbonyl (C=S) groups is 1.